The first-order chi connectivity index (χ1) is 11.5. The topological polar surface area (TPSA) is 33.6 Å². The van der Waals surface area contributed by atoms with Crippen LogP contribution in [0, 0.1) is 0 Å². The van der Waals surface area contributed by atoms with Crippen LogP contribution in [0.5, 0.6) is 5.75 Å². The van der Waals surface area contributed by atoms with Crippen molar-refractivity contribution < 1.29 is 4.74 Å². The van der Waals surface area contributed by atoms with E-state index in [9.17, 15) is 0 Å². The number of hydrogen-bond donors (Lipinski definition) is 1. The van der Waals surface area contributed by atoms with Crippen molar-refractivity contribution in [2.75, 3.05) is 5.32 Å². The lowest BCUT2D eigenvalue weighted by Crippen LogP contribution is -2.23. The first kappa shape index (κ1) is 14.8. The molecular formula is C21H20N2O. The molecule has 4 rings (SSSR count). The van der Waals surface area contributed by atoms with Crippen LogP contribution in [-0.4, -0.2) is 11.4 Å². The van der Waals surface area contributed by atoms with E-state index >= 15 is 0 Å². The predicted molar refractivity (Wildman–Crippen MR) is 101 cm³/mol. The van der Waals surface area contributed by atoms with Gasteiger partial charge in [0.05, 0.1) is 5.69 Å². The van der Waals surface area contributed by atoms with Gasteiger partial charge in [0.25, 0.3) is 0 Å². The summed E-state index contributed by atoms with van der Waals surface area (Å²) >= 11 is 0. The molecule has 3 heteroatoms. The van der Waals surface area contributed by atoms with Crippen molar-refractivity contribution in [2.45, 2.75) is 26.4 Å². The van der Waals surface area contributed by atoms with Crippen molar-refractivity contribution in [2.24, 2.45) is 4.99 Å². The summed E-state index contributed by atoms with van der Waals surface area (Å²) in [7, 11) is 0. The molecule has 3 nitrogen and oxygen atoms in total. The molecule has 0 fully saturated rings. The fourth-order valence-electron chi connectivity index (χ4n) is 2.97. The lowest BCUT2D eigenvalue weighted by Gasteiger charge is -2.22. The van der Waals surface area contributed by atoms with E-state index in [0.29, 0.717) is 0 Å². The zero-order valence-corrected chi connectivity index (χ0v) is 14.1. The molecule has 0 saturated heterocycles. The van der Waals surface area contributed by atoms with Crippen LogP contribution >= 0.6 is 0 Å². The maximum Gasteiger partial charge on any atom is 0.138 e. The van der Waals surface area contributed by atoms with Crippen LogP contribution in [0.2, 0.25) is 0 Å². The number of benzene rings is 3. The minimum Gasteiger partial charge on any atom is -0.488 e. The van der Waals surface area contributed by atoms with Gasteiger partial charge >= 0.3 is 0 Å². The second-order valence-corrected chi connectivity index (χ2v) is 7.01. The second kappa shape index (κ2) is 5.38. The second-order valence-electron chi connectivity index (χ2n) is 7.01. The summed E-state index contributed by atoms with van der Waals surface area (Å²) in [4.78, 5) is 4.80. The molecule has 0 spiro atoms. The van der Waals surface area contributed by atoms with Crippen molar-refractivity contribution in [3.63, 3.8) is 0 Å². The number of aliphatic imine (C=N–C) groups is 1. The average Bonchev–Trinajstić information content (AvgIpc) is 2.54. The monoisotopic (exact) mass is 316 g/mol. The Bertz CT molecular complexity index is 929. The van der Waals surface area contributed by atoms with Crippen LogP contribution in [-0.2, 0) is 0 Å². The Morgan fingerprint density at radius 3 is 2.29 bits per heavy atom. The molecule has 0 atom stereocenters. The molecular weight excluding hydrogens is 296 g/mol. The Labute approximate surface area is 142 Å². The van der Waals surface area contributed by atoms with Crippen LogP contribution in [0.25, 0.3) is 10.8 Å². The van der Waals surface area contributed by atoms with Gasteiger partial charge < -0.3 is 10.1 Å². The molecule has 1 aliphatic heterocycles. The molecule has 0 saturated carbocycles. The third kappa shape index (κ3) is 2.73. The van der Waals surface area contributed by atoms with Gasteiger partial charge in [-0.1, -0.05) is 24.3 Å². The van der Waals surface area contributed by atoms with Crippen molar-refractivity contribution in [3.05, 3.63) is 66.2 Å². The van der Waals surface area contributed by atoms with Gasteiger partial charge in [0.1, 0.15) is 17.2 Å². The van der Waals surface area contributed by atoms with E-state index in [1.54, 1.807) is 0 Å². The van der Waals surface area contributed by atoms with Gasteiger partial charge in [-0.2, -0.15) is 0 Å². The predicted octanol–water partition coefficient (Wildman–Crippen LogP) is 5.52. The zero-order valence-electron chi connectivity index (χ0n) is 14.1. The zero-order chi connectivity index (χ0) is 16.7. The quantitative estimate of drug-likeness (QED) is 0.675. The first-order valence-corrected chi connectivity index (χ1v) is 8.16. The molecule has 0 aromatic heterocycles. The minimum atomic E-state index is -0.198. The van der Waals surface area contributed by atoms with Crippen molar-refractivity contribution >= 4 is 28.0 Å². The van der Waals surface area contributed by atoms with E-state index in [4.69, 9.17) is 9.73 Å². The van der Waals surface area contributed by atoms with Crippen LogP contribution in [0.1, 0.15) is 26.3 Å². The Morgan fingerprint density at radius 2 is 1.58 bits per heavy atom. The molecule has 0 aliphatic carbocycles. The first-order valence-electron chi connectivity index (χ1n) is 8.16. The molecule has 0 bridgehead atoms. The number of ether oxygens (including phenoxy) is 1. The fourth-order valence-corrected chi connectivity index (χ4v) is 2.97. The van der Waals surface area contributed by atoms with Crippen LogP contribution < -0.4 is 10.1 Å². The standard InChI is InChI=1S/C21H20N2O/c1-21(2,3)24-16-12-10-15(11-13-16)20-22-17-8-4-6-14-7-5-9-18(23-20)19(14)17/h4-13H,1-3H3,(H,22,23). The molecule has 24 heavy (non-hydrogen) atoms. The molecule has 1 N–H and O–H groups in total. The third-order valence-electron chi connectivity index (χ3n) is 3.92. The number of amidine groups is 1. The largest absolute Gasteiger partial charge is 0.488 e. The highest BCUT2D eigenvalue weighted by molar-refractivity contribution is 6.18. The van der Waals surface area contributed by atoms with Crippen LogP contribution in [0.3, 0.4) is 0 Å². The summed E-state index contributed by atoms with van der Waals surface area (Å²) in [6, 6.07) is 20.6. The van der Waals surface area contributed by atoms with Crippen molar-refractivity contribution in [3.8, 4) is 5.75 Å². The molecule has 0 radical (unpaired) electrons. The van der Waals surface area contributed by atoms with Crippen LogP contribution in [0.4, 0.5) is 11.4 Å². The number of rotatable bonds is 2. The highest BCUT2D eigenvalue weighted by Crippen LogP contribution is 2.36. The van der Waals surface area contributed by atoms with Gasteiger partial charge in [0.15, 0.2) is 0 Å². The van der Waals surface area contributed by atoms with Crippen molar-refractivity contribution in [1.29, 1.82) is 0 Å². The summed E-state index contributed by atoms with van der Waals surface area (Å²) in [6.07, 6.45) is 0. The molecule has 0 unspecified atom stereocenters. The SMILES string of the molecule is CC(C)(C)Oc1ccc(C2=Nc3cccc4cccc(c34)N2)cc1. The summed E-state index contributed by atoms with van der Waals surface area (Å²) < 4.78 is 5.89. The average molecular weight is 316 g/mol. The molecule has 3 aromatic carbocycles. The van der Waals surface area contributed by atoms with Gasteiger partial charge in [0, 0.05) is 16.6 Å². The van der Waals surface area contributed by atoms with Gasteiger partial charge in [0.2, 0.25) is 0 Å². The maximum absolute atomic E-state index is 5.89. The van der Waals surface area contributed by atoms with Crippen LogP contribution in [0.15, 0.2) is 65.7 Å². The van der Waals surface area contributed by atoms with Gasteiger partial charge in [-0.3, -0.25) is 0 Å². The Balaban J connectivity index is 1.71. The fraction of sp³-hybridized carbons (Fsp3) is 0.190. The molecule has 0 amide bonds. The van der Waals surface area contributed by atoms with E-state index in [2.05, 4.69) is 35.6 Å². The summed E-state index contributed by atoms with van der Waals surface area (Å²) in [6.45, 7) is 6.14. The number of hydrogen-bond acceptors (Lipinski definition) is 3. The number of nitrogens with one attached hydrogen (secondary N) is 1. The highest BCUT2D eigenvalue weighted by atomic mass is 16.5. The lowest BCUT2D eigenvalue weighted by molar-refractivity contribution is 0.131. The number of nitrogens with zero attached hydrogens (tertiary/aromatic N) is 1. The molecule has 3 aromatic rings. The normalized spacial score (nSPS) is 13.4. The van der Waals surface area contributed by atoms with Gasteiger partial charge in [-0.15, -0.1) is 0 Å². The summed E-state index contributed by atoms with van der Waals surface area (Å²) in [5.41, 5.74) is 2.95. The maximum atomic E-state index is 5.89. The molecule has 1 heterocycles. The highest BCUT2D eigenvalue weighted by Gasteiger charge is 2.16. The van der Waals surface area contributed by atoms with Gasteiger partial charge in [-0.25, -0.2) is 4.99 Å². The summed E-state index contributed by atoms with van der Waals surface area (Å²) in [5.74, 6) is 1.73. The van der Waals surface area contributed by atoms with Crippen molar-refractivity contribution in [1.82, 2.24) is 0 Å². The Kier molecular flexibility index (Phi) is 3.31. The molecule has 1 aliphatic rings. The minimum absolute atomic E-state index is 0.198. The lowest BCUT2D eigenvalue weighted by atomic mass is 10.0. The van der Waals surface area contributed by atoms with E-state index in [1.807, 2.05) is 51.1 Å². The number of anilines is 1. The smallest absolute Gasteiger partial charge is 0.138 e. The Morgan fingerprint density at radius 1 is 0.875 bits per heavy atom. The van der Waals surface area contributed by atoms with Gasteiger partial charge in [-0.05, 0) is 62.6 Å². The Hall–Kier alpha value is -2.81. The molecule has 120 valence electrons. The third-order valence-corrected chi connectivity index (χ3v) is 3.92. The summed E-state index contributed by atoms with van der Waals surface area (Å²) in [5, 5.41) is 5.83. The van der Waals surface area contributed by atoms with E-state index in [0.717, 1.165) is 28.5 Å². The van der Waals surface area contributed by atoms with E-state index < -0.39 is 0 Å². The van der Waals surface area contributed by atoms with E-state index in [-0.39, 0.29) is 5.60 Å². The van der Waals surface area contributed by atoms with E-state index in [1.165, 1.54) is 10.8 Å².